The summed E-state index contributed by atoms with van der Waals surface area (Å²) < 4.78 is 10.9. The third-order valence-corrected chi connectivity index (χ3v) is 3.02. The molecule has 0 heterocycles. The molecule has 1 atom stereocenters. The Balaban J connectivity index is 2.80. The van der Waals surface area contributed by atoms with Gasteiger partial charge >= 0.3 is 13.6 Å². The van der Waals surface area contributed by atoms with Crippen LogP contribution in [-0.2, 0) is 15.8 Å². The molecule has 0 fully saturated rings. The van der Waals surface area contributed by atoms with E-state index in [1.165, 1.54) is 24.3 Å². The molecule has 7 heteroatoms. The molecule has 16 heavy (non-hydrogen) atoms. The molecule has 0 saturated heterocycles. The molecule has 0 aromatic heterocycles. The van der Waals surface area contributed by atoms with Crippen molar-refractivity contribution in [1.82, 2.24) is 0 Å². The number of nitrogens with two attached hydrogens (primary N) is 1. The Morgan fingerprint density at radius 2 is 1.81 bits per heavy atom. The monoisotopic (exact) mass is 245 g/mol. The van der Waals surface area contributed by atoms with Gasteiger partial charge in [-0.1, -0.05) is 12.1 Å². The maximum absolute atomic E-state index is 10.9. The molecular formula is C9H12NO5P. The Labute approximate surface area is 91.9 Å². The van der Waals surface area contributed by atoms with E-state index >= 15 is 0 Å². The van der Waals surface area contributed by atoms with Gasteiger partial charge in [0.25, 0.3) is 0 Å². The lowest BCUT2D eigenvalue weighted by Gasteiger charge is -2.08. The van der Waals surface area contributed by atoms with Crippen molar-refractivity contribution in [3.8, 4) is 0 Å². The average Bonchev–Trinajstić information content (AvgIpc) is 2.17. The second-order valence-electron chi connectivity index (χ2n) is 3.36. The molecule has 5 N–H and O–H groups in total. The van der Waals surface area contributed by atoms with Crippen LogP contribution in [0.3, 0.4) is 0 Å². The smallest absolute Gasteiger partial charge is 0.356 e. The summed E-state index contributed by atoms with van der Waals surface area (Å²) in [7, 11) is -4.24. The highest BCUT2D eigenvalue weighted by atomic mass is 31.2. The Morgan fingerprint density at radius 3 is 2.19 bits per heavy atom. The van der Waals surface area contributed by atoms with E-state index < -0.39 is 19.6 Å². The fraction of sp³-hybridized carbons (Fsp3) is 0.222. The third kappa shape index (κ3) is 3.43. The highest BCUT2D eigenvalue weighted by Gasteiger charge is 2.17. The largest absolute Gasteiger partial charge is 0.480 e. The predicted octanol–water partition coefficient (Wildman–Crippen LogP) is -0.556. The quantitative estimate of drug-likeness (QED) is 0.528. The Morgan fingerprint density at radius 1 is 1.31 bits per heavy atom. The zero-order chi connectivity index (χ0) is 12.3. The van der Waals surface area contributed by atoms with Crippen molar-refractivity contribution >= 4 is 18.9 Å². The standard InChI is InChI=1S/C9H12NO5P/c10-8(9(11)12)5-6-1-3-7(4-2-6)16(13,14)15/h1-4,8H,5,10H2,(H,11,12)(H2,13,14,15). The van der Waals surface area contributed by atoms with E-state index in [4.69, 9.17) is 20.6 Å². The molecule has 0 saturated carbocycles. The molecule has 0 aliphatic heterocycles. The van der Waals surface area contributed by atoms with E-state index in [-0.39, 0.29) is 11.7 Å². The fourth-order valence-electron chi connectivity index (χ4n) is 1.17. The van der Waals surface area contributed by atoms with Crippen molar-refractivity contribution in [1.29, 1.82) is 0 Å². The minimum atomic E-state index is -4.24. The lowest BCUT2D eigenvalue weighted by atomic mass is 10.1. The van der Waals surface area contributed by atoms with E-state index in [1.807, 2.05) is 0 Å². The van der Waals surface area contributed by atoms with Crippen molar-refractivity contribution in [2.24, 2.45) is 5.73 Å². The molecule has 1 unspecified atom stereocenters. The number of carboxylic acid groups (broad SMARTS) is 1. The van der Waals surface area contributed by atoms with Crippen LogP contribution in [0, 0.1) is 0 Å². The zero-order valence-electron chi connectivity index (χ0n) is 8.28. The first-order chi connectivity index (χ1) is 7.30. The van der Waals surface area contributed by atoms with Gasteiger partial charge in [0, 0.05) is 0 Å². The number of hydrogen-bond donors (Lipinski definition) is 4. The summed E-state index contributed by atoms with van der Waals surface area (Å²) >= 11 is 0. The van der Waals surface area contributed by atoms with Crippen LogP contribution in [0.5, 0.6) is 0 Å². The van der Waals surface area contributed by atoms with E-state index in [0.29, 0.717) is 5.56 Å². The molecule has 0 aliphatic carbocycles. The van der Waals surface area contributed by atoms with Gasteiger partial charge in [-0.05, 0) is 24.1 Å². The lowest BCUT2D eigenvalue weighted by Crippen LogP contribution is -2.32. The summed E-state index contributed by atoms with van der Waals surface area (Å²) in [4.78, 5) is 28.2. The summed E-state index contributed by atoms with van der Waals surface area (Å²) in [5, 5.41) is 8.48. The number of carboxylic acids is 1. The predicted molar refractivity (Wildman–Crippen MR) is 57.4 cm³/mol. The summed E-state index contributed by atoms with van der Waals surface area (Å²) in [6.07, 6.45) is 0.122. The van der Waals surface area contributed by atoms with Gasteiger partial charge in [0.1, 0.15) is 6.04 Å². The molecular weight excluding hydrogens is 233 g/mol. The van der Waals surface area contributed by atoms with Gasteiger partial charge in [-0.25, -0.2) is 0 Å². The van der Waals surface area contributed by atoms with E-state index in [9.17, 15) is 9.36 Å². The average molecular weight is 245 g/mol. The van der Waals surface area contributed by atoms with Crippen LogP contribution in [0.4, 0.5) is 0 Å². The fourth-order valence-corrected chi connectivity index (χ4v) is 1.70. The van der Waals surface area contributed by atoms with Gasteiger partial charge in [-0.15, -0.1) is 0 Å². The van der Waals surface area contributed by atoms with Gasteiger partial charge in [0.05, 0.1) is 5.30 Å². The summed E-state index contributed by atoms with van der Waals surface area (Å²) in [5.41, 5.74) is 5.94. The van der Waals surface area contributed by atoms with Gasteiger partial charge < -0.3 is 20.6 Å². The number of aliphatic carboxylic acids is 1. The molecule has 0 spiro atoms. The summed E-state index contributed by atoms with van der Waals surface area (Å²) in [5.74, 6) is -1.11. The number of carbonyl (C=O) groups is 1. The van der Waals surface area contributed by atoms with Crippen LogP contribution in [0.15, 0.2) is 24.3 Å². The molecule has 0 aliphatic rings. The second kappa shape index (κ2) is 4.76. The van der Waals surface area contributed by atoms with E-state index in [2.05, 4.69) is 0 Å². The van der Waals surface area contributed by atoms with Crippen molar-refractivity contribution in [2.45, 2.75) is 12.5 Å². The first-order valence-electron chi connectivity index (χ1n) is 4.44. The minimum absolute atomic E-state index is 0.0971. The topological polar surface area (TPSA) is 121 Å². The first kappa shape index (κ1) is 12.9. The number of hydrogen-bond acceptors (Lipinski definition) is 3. The minimum Gasteiger partial charge on any atom is -0.480 e. The van der Waals surface area contributed by atoms with Crippen LogP contribution < -0.4 is 11.0 Å². The van der Waals surface area contributed by atoms with Crippen LogP contribution in [0.25, 0.3) is 0 Å². The van der Waals surface area contributed by atoms with Crippen LogP contribution in [-0.4, -0.2) is 26.9 Å². The zero-order valence-corrected chi connectivity index (χ0v) is 9.17. The van der Waals surface area contributed by atoms with Gasteiger partial charge in [-0.3, -0.25) is 9.36 Å². The molecule has 0 radical (unpaired) electrons. The van der Waals surface area contributed by atoms with E-state index in [1.54, 1.807) is 0 Å². The molecule has 6 nitrogen and oxygen atoms in total. The third-order valence-electron chi connectivity index (χ3n) is 2.05. The summed E-state index contributed by atoms with van der Waals surface area (Å²) in [6.45, 7) is 0. The van der Waals surface area contributed by atoms with Crippen LogP contribution in [0.2, 0.25) is 0 Å². The molecule has 0 amide bonds. The van der Waals surface area contributed by atoms with Gasteiger partial charge in [-0.2, -0.15) is 0 Å². The molecule has 1 rings (SSSR count). The Hall–Kier alpha value is -1.20. The highest BCUT2D eigenvalue weighted by molar-refractivity contribution is 7.60. The van der Waals surface area contributed by atoms with Gasteiger partial charge in [0.2, 0.25) is 0 Å². The maximum Gasteiger partial charge on any atom is 0.356 e. The SMILES string of the molecule is NC(Cc1ccc(P(=O)(O)O)cc1)C(=O)O. The number of rotatable bonds is 4. The van der Waals surface area contributed by atoms with Crippen molar-refractivity contribution in [3.63, 3.8) is 0 Å². The van der Waals surface area contributed by atoms with Crippen molar-refractivity contribution in [3.05, 3.63) is 29.8 Å². The lowest BCUT2D eigenvalue weighted by molar-refractivity contribution is -0.138. The van der Waals surface area contributed by atoms with Crippen molar-refractivity contribution in [2.75, 3.05) is 0 Å². The molecule has 88 valence electrons. The van der Waals surface area contributed by atoms with Gasteiger partial charge in [0.15, 0.2) is 0 Å². The molecule has 1 aromatic rings. The number of benzene rings is 1. The summed E-state index contributed by atoms with van der Waals surface area (Å²) in [6, 6.07) is 4.44. The maximum atomic E-state index is 10.9. The Kier molecular flexibility index (Phi) is 3.83. The highest BCUT2D eigenvalue weighted by Crippen LogP contribution is 2.32. The molecule has 1 aromatic carbocycles. The van der Waals surface area contributed by atoms with E-state index in [0.717, 1.165) is 0 Å². The second-order valence-corrected chi connectivity index (χ2v) is 4.96. The van der Waals surface area contributed by atoms with Crippen LogP contribution >= 0.6 is 7.60 Å². The van der Waals surface area contributed by atoms with Crippen LogP contribution in [0.1, 0.15) is 5.56 Å². The first-order valence-corrected chi connectivity index (χ1v) is 6.05. The van der Waals surface area contributed by atoms with Crippen molar-refractivity contribution < 1.29 is 24.3 Å². The normalized spacial score (nSPS) is 13.4. The Bertz CT molecular complexity index is 424. The molecule has 0 bridgehead atoms.